The maximum Gasteiger partial charge on any atom is 1.00 e. The molecule has 16 heavy (non-hydrogen) atoms. The molecule has 0 aliphatic heterocycles. The normalized spacial score (nSPS) is 5.12. The summed E-state index contributed by atoms with van der Waals surface area (Å²) < 4.78 is 8.48. The van der Waals surface area contributed by atoms with Crippen molar-refractivity contribution in [1.82, 2.24) is 0 Å². The summed E-state index contributed by atoms with van der Waals surface area (Å²) in [5.74, 6) is 0. The van der Waals surface area contributed by atoms with E-state index in [0.717, 1.165) is 0 Å². The minimum absolute atomic E-state index is 0. The fourth-order valence-electron chi connectivity index (χ4n) is 0. The van der Waals surface area contributed by atoms with Gasteiger partial charge in [-0.2, -0.15) is 0 Å². The zero-order chi connectivity index (χ0) is 12.4. The van der Waals surface area contributed by atoms with E-state index < -0.39 is 8.25 Å². The minimum Gasteiger partial charge on any atom is -0.598 e. The van der Waals surface area contributed by atoms with Crippen molar-refractivity contribution in [3.63, 3.8) is 0 Å². The van der Waals surface area contributed by atoms with Crippen LogP contribution in [-0.2, 0) is 4.57 Å². The molecule has 86 valence electrons. The van der Waals surface area contributed by atoms with Gasteiger partial charge in [-0.05, 0) is 13.8 Å². The quantitative estimate of drug-likeness (QED) is 0.279. The van der Waals surface area contributed by atoms with Crippen LogP contribution in [0.3, 0.4) is 0 Å². The van der Waals surface area contributed by atoms with E-state index in [0.29, 0.717) is 13.1 Å². The van der Waals surface area contributed by atoms with E-state index in [1.165, 1.54) is 0 Å². The first-order chi connectivity index (χ1) is 6.47. The molecule has 8 heteroatoms. The van der Waals surface area contributed by atoms with Crippen LogP contribution in [0.1, 0.15) is 13.8 Å². The Hall–Kier alpha value is 1.42. The van der Waals surface area contributed by atoms with Crippen molar-refractivity contribution in [2.45, 2.75) is 13.8 Å². The Bertz CT molecular complexity index is 118. The molecular formula is C8H20N2Na2O3P+. The van der Waals surface area contributed by atoms with E-state index in [2.05, 4.69) is 13.2 Å². The molecule has 0 aliphatic rings. The number of rotatable bonds is 1. The summed E-state index contributed by atoms with van der Waals surface area (Å²) in [6.07, 6.45) is 3.50. The fraction of sp³-hybridized carbons (Fsp3) is 0.500. The van der Waals surface area contributed by atoms with E-state index >= 15 is 0 Å². The van der Waals surface area contributed by atoms with Crippen molar-refractivity contribution >= 4 is 8.25 Å². The molecule has 0 amide bonds. The summed E-state index contributed by atoms with van der Waals surface area (Å²) in [4.78, 5) is 17.0. The predicted molar refractivity (Wildman–Crippen MR) is 57.5 cm³/mol. The number of nitrogens with two attached hydrogens (primary N) is 2. The van der Waals surface area contributed by atoms with Crippen LogP contribution in [0.25, 0.3) is 0 Å². The second-order valence-corrected chi connectivity index (χ2v) is 2.06. The monoisotopic (exact) mass is 269 g/mol. The summed E-state index contributed by atoms with van der Waals surface area (Å²) in [5.41, 5.74) is 9.81. The molecule has 0 saturated heterocycles. The van der Waals surface area contributed by atoms with E-state index in [9.17, 15) is 0 Å². The first-order valence-corrected chi connectivity index (χ1v) is 4.93. The SMILES string of the molecule is C=CC.C=CC.NCCN.O=[P+]([O-])[O-].[Na+].[Na+]. The van der Waals surface area contributed by atoms with Crippen LogP contribution in [0.5, 0.6) is 0 Å². The van der Waals surface area contributed by atoms with Crippen molar-refractivity contribution in [2.24, 2.45) is 11.5 Å². The van der Waals surface area contributed by atoms with Gasteiger partial charge in [0, 0.05) is 13.1 Å². The summed E-state index contributed by atoms with van der Waals surface area (Å²) in [5, 5.41) is 0. The van der Waals surface area contributed by atoms with E-state index in [-0.39, 0.29) is 59.1 Å². The zero-order valence-corrected chi connectivity index (χ0v) is 15.7. The number of allylic oxidation sites excluding steroid dienone is 2. The Morgan fingerprint density at radius 2 is 1.12 bits per heavy atom. The first-order valence-electron chi connectivity index (χ1n) is 3.84. The molecule has 0 atom stereocenters. The summed E-state index contributed by atoms with van der Waals surface area (Å²) in [6, 6.07) is 0. The van der Waals surface area contributed by atoms with Gasteiger partial charge in [0.05, 0.1) is 0 Å². The van der Waals surface area contributed by atoms with Gasteiger partial charge >= 0.3 is 59.1 Å². The van der Waals surface area contributed by atoms with Gasteiger partial charge in [0.15, 0.2) is 0 Å². The molecule has 5 nitrogen and oxygen atoms in total. The van der Waals surface area contributed by atoms with Crippen molar-refractivity contribution in [2.75, 3.05) is 13.1 Å². The molecule has 0 unspecified atom stereocenters. The van der Waals surface area contributed by atoms with Gasteiger partial charge in [-0.1, -0.05) is 16.7 Å². The third-order valence-electron chi connectivity index (χ3n) is 0.167. The molecule has 0 aromatic heterocycles. The molecule has 0 aliphatic carbocycles. The molecule has 0 rings (SSSR count). The molecule has 0 fully saturated rings. The van der Waals surface area contributed by atoms with Crippen LogP contribution < -0.4 is 80.4 Å². The Labute approximate surface area is 144 Å². The third-order valence-corrected chi connectivity index (χ3v) is 0.167. The fourth-order valence-corrected chi connectivity index (χ4v) is 0. The Balaban J connectivity index is -0.0000000202. The van der Waals surface area contributed by atoms with Gasteiger partial charge in [0.25, 0.3) is 8.25 Å². The van der Waals surface area contributed by atoms with Gasteiger partial charge in [-0.25, -0.2) is 0 Å². The van der Waals surface area contributed by atoms with Crippen molar-refractivity contribution < 1.29 is 73.5 Å². The van der Waals surface area contributed by atoms with Crippen LogP contribution >= 0.6 is 8.25 Å². The van der Waals surface area contributed by atoms with Gasteiger partial charge in [0.2, 0.25) is 0 Å². The van der Waals surface area contributed by atoms with Crippen LogP contribution in [0.4, 0.5) is 0 Å². The van der Waals surface area contributed by atoms with Crippen LogP contribution in [0.15, 0.2) is 25.3 Å². The standard InChI is InChI=1S/2C3H6.C2H8N2.2Na.HO3P/c2*1-3-2;3-1-2-4;;;1-4(2)3/h2*3H,1H2,2H3;1-4H2;;;(H,1,2,3)/q;;;2*+1;/p-1. The van der Waals surface area contributed by atoms with E-state index in [1.807, 2.05) is 13.8 Å². The average Bonchev–Trinajstić information content (AvgIpc) is 2.06. The predicted octanol–water partition coefficient (Wildman–Crippen LogP) is -6.34. The largest absolute Gasteiger partial charge is 1.00 e. The topological polar surface area (TPSA) is 115 Å². The van der Waals surface area contributed by atoms with Crippen molar-refractivity contribution in [3.05, 3.63) is 25.3 Å². The molecule has 0 heterocycles. The van der Waals surface area contributed by atoms with Crippen LogP contribution in [0, 0.1) is 0 Å². The molecule has 0 saturated carbocycles. The molecule has 0 aromatic rings. The van der Waals surface area contributed by atoms with Gasteiger partial charge in [-0.15, -0.1) is 13.2 Å². The maximum atomic E-state index is 8.48. The summed E-state index contributed by atoms with van der Waals surface area (Å²) in [7, 11) is -3.37. The number of hydrogen-bond donors (Lipinski definition) is 2. The van der Waals surface area contributed by atoms with Crippen LogP contribution in [-0.4, -0.2) is 13.1 Å². The Morgan fingerprint density at radius 1 is 1.06 bits per heavy atom. The van der Waals surface area contributed by atoms with Crippen LogP contribution in [0.2, 0.25) is 0 Å². The Morgan fingerprint density at radius 3 is 1.12 bits per heavy atom. The molecule has 0 radical (unpaired) electrons. The molecule has 0 aromatic carbocycles. The second-order valence-electron chi connectivity index (χ2n) is 1.62. The van der Waals surface area contributed by atoms with Gasteiger partial charge < -0.3 is 21.3 Å². The molecular weight excluding hydrogens is 249 g/mol. The maximum absolute atomic E-state index is 8.48. The summed E-state index contributed by atoms with van der Waals surface area (Å²) in [6.45, 7) is 11.7. The Kier molecular flexibility index (Phi) is 124. The first kappa shape index (κ1) is 36.0. The second kappa shape index (κ2) is 55.1. The average molecular weight is 269 g/mol. The van der Waals surface area contributed by atoms with Crippen molar-refractivity contribution in [3.8, 4) is 0 Å². The zero-order valence-electron chi connectivity index (χ0n) is 10.8. The van der Waals surface area contributed by atoms with Gasteiger partial charge in [0.1, 0.15) is 0 Å². The van der Waals surface area contributed by atoms with Crippen molar-refractivity contribution in [1.29, 1.82) is 0 Å². The third kappa shape index (κ3) is 548. The molecule has 4 N–H and O–H groups in total. The van der Waals surface area contributed by atoms with E-state index in [4.69, 9.17) is 25.8 Å². The summed E-state index contributed by atoms with van der Waals surface area (Å²) >= 11 is 0. The molecule has 0 bridgehead atoms. The van der Waals surface area contributed by atoms with Gasteiger partial charge in [-0.3, -0.25) is 0 Å². The smallest absolute Gasteiger partial charge is 0.598 e. The minimum atomic E-state index is -3.37. The number of hydrogen-bond acceptors (Lipinski definition) is 5. The van der Waals surface area contributed by atoms with E-state index in [1.54, 1.807) is 12.2 Å². The molecule has 0 spiro atoms.